The number of carbonyl (C=O) groups excluding carboxylic acids is 1. The molecule has 0 aromatic rings. The Bertz CT molecular complexity index is 1730. The van der Waals surface area contributed by atoms with Crippen LogP contribution in [0.2, 0.25) is 0 Å². The Hall–Kier alpha value is -2.31. The van der Waals surface area contributed by atoms with Crippen LogP contribution in [-0.2, 0) is 52.2 Å². The molecule has 2 bridgehead atoms. The van der Waals surface area contributed by atoms with Gasteiger partial charge in [-0.05, 0) is 62.8 Å². The number of fused-ring (bicyclic) bond motifs is 2. The monoisotopic (exact) mass is 872 g/mol. The molecule has 1 aliphatic carbocycles. The molecule has 6 aliphatic heterocycles. The largest absolute Gasteiger partial charge is 0.462 e. The molecule has 7 rings (SSSR count). The maximum Gasteiger partial charge on any atom is 0.316 e. The number of esters is 1. The van der Waals surface area contributed by atoms with E-state index in [-0.39, 0.29) is 42.7 Å². The lowest BCUT2D eigenvalue weighted by atomic mass is 9.71. The van der Waals surface area contributed by atoms with Crippen LogP contribution in [-0.4, -0.2) is 139 Å². The van der Waals surface area contributed by atoms with Gasteiger partial charge in [-0.25, -0.2) is 0 Å². The molecule has 0 amide bonds. The lowest BCUT2D eigenvalue weighted by Gasteiger charge is -2.48. The molecule has 0 radical (unpaired) electrons. The van der Waals surface area contributed by atoms with Gasteiger partial charge in [0, 0.05) is 51.7 Å². The van der Waals surface area contributed by atoms with Crippen molar-refractivity contribution in [3.05, 3.63) is 59.3 Å². The molecule has 14 nitrogen and oxygen atoms in total. The molecule has 20 atom stereocenters. The molecule has 7 aliphatic rings. The highest BCUT2D eigenvalue weighted by Crippen LogP contribution is 2.47. The molecule has 14 heteroatoms. The van der Waals surface area contributed by atoms with Crippen molar-refractivity contribution in [2.75, 3.05) is 20.8 Å². The topological polar surface area (TPSA) is 170 Å². The first-order chi connectivity index (χ1) is 29.5. The van der Waals surface area contributed by atoms with Crippen molar-refractivity contribution in [1.82, 2.24) is 0 Å². The molecule has 4 saturated heterocycles. The number of aliphatic hydroxyl groups excluding tert-OH is 2. The number of carbonyl (C=O) groups is 1. The van der Waals surface area contributed by atoms with Crippen LogP contribution < -0.4 is 0 Å². The number of hydrogen-bond acceptors (Lipinski definition) is 14. The van der Waals surface area contributed by atoms with Crippen molar-refractivity contribution in [2.45, 2.75) is 191 Å². The van der Waals surface area contributed by atoms with Gasteiger partial charge in [-0.1, -0.05) is 70.6 Å². The van der Waals surface area contributed by atoms with E-state index >= 15 is 0 Å². The molecule has 0 aromatic heterocycles. The smallest absolute Gasteiger partial charge is 0.316 e. The van der Waals surface area contributed by atoms with E-state index < -0.39 is 90.8 Å². The first-order valence-electron chi connectivity index (χ1n) is 22.9. The highest BCUT2D eigenvalue weighted by Gasteiger charge is 2.60. The SMILES string of the molecule is CC[C@H](C)[C@@H]1O[C@@]2(C=CC1C)CC1C[C@@H](CC=C(C)C(O[C@H]3CC(OC)C(O[C@H]4CC(OC)C(O)C(C)O4)C(C)O3)C(C)C=CC=C3CO[C@@H]4C(O)C(C)=C[C@@H](C(=O)O1)[C@]34O)O2. The lowest BCUT2D eigenvalue weighted by molar-refractivity contribution is -0.318. The summed E-state index contributed by atoms with van der Waals surface area (Å²) >= 11 is 0. The molecule has 4 fully saturated rings. The van der Waals surface area contributed by atoms with E-state index in [0.29, 0.717) is 43.3 Å². The normalized spacial score (nSPS) is 47.0. The second-order valence-corrected chi connectivity index (χ2v) is 19.0. The maximum atomic E-state index is 14.3. The molecule has 0 aromatic carbocycles. The summed E-state index contributed by atoms with van der Waals surface area (Å²) in [6.45, 7) is 16.1. The van der Waals surface area contributed by atoms with Crippen LogP contribution in [0.5, 0.6) is 0 Å². The first-order valence-corrected chi connectivity index (χ1v) is 22.9. The molecular formula is C48H72O14. The minimum atomic E-state index is -1.84. The Balaban J connectivity index is 1.18. The average Bonchev–Trinajstić information content (AvgIpc) is 3.58. The molecule has 3 N–H and O–H groups in total. The van der Waals surface area contributed by atoms with E-state index in [1.165, 1.54) is 0 Å². The summed E-state index contributed by atoms with van der Waals surface area (Å²) in [7, 11) is 3.22. The summed E-state index contributed by atoms with van der Waals surface area (Å²) in [6, 6.07) is 0. The second kappa shape index (κ2) is 19.7. The summed E-state index contributed by atoms with van der Waals surface area (Å²) in [5.74, 6) is -2.56. The molecule has 0 saturated carbocycles. The highest BCUT2D eigenvalue weighted by molar-refractivity contribution is 5.78. The average molecular weight is 873 g/mol. The van der Waals surface area contributed by atoms with Gasteiger partial charge >= 0.3 is 5.97 Å². The van der Waals surface area contributed by atoms with E-state index in [1.807, 2.05) is 32.1 Å². The van der Waals surface area contributed by atoms with Crippen LogP contribution in [0.3, 0.4) is 0 Å². The van der Waals surface area contributed by atoms with Gasteiger partial charge in [0.2, 0.25) is 0 Å². The number of hydrogen-bond donors (Lipinski definition) is 3. The van der Waals surface area contributed by atoms with Crippen molar-refractivity contribution in [2.24, 2.45) is 23.7 Å². The first kappa shape index (κ1) is 47.6. The van der Waals surface area contributed by atoms with Crippen molar-refractivity contribution >= 4 is 5.97 Å². The van der Waals surface area contributed by atoms with E-state index in [4.69, 9.17) is 47.4 Å². The third-order valence-corrected chi connectivity index (χ3v) is 14.5. The van der Waals surface area contributed by atoms with Gasteiger partial charge in [0.25, 0.3) is 0 Å². The van der Waals surface area contributed by atoms with E-state index in [1.54, 1.807) is 40.2 Å². The van der Waals surface area contributed by atoms with Crippen molar-refractivity contribution < 1.29 is 67.5 Å². The fraction of sp³-hybridized carbons (Fsp3) is 0.771. The van der Waals surface area contributed by atoms with Crippen LogP contribution in [0, 0.1) is 23.7 Å². The summed E-state index contributed by atoms with van der Waals surface area (Å²) in [6.07, 6.45) is 8.55. The zero-order valence-corrected chi connectivity index (χ0v) is 38.2. The quantitative estimate of drug-likeness (QED) is 0.210. The van der Waals surface area contributed by atoms with Crippen LogP contribution in [0.4, 0.5) is 0 Å². The summed E-state index contributed by atoms with van der Waals surface area (Å²) < 4.78 is 63.7. The Kier molecular flexibility index (Phi) is 15.1. The highest BCUT2D eigenvalue weighted by atomic mass is 16.7. The Morgan fingerprint density at radius 1 is 0.887 bits per heavy atom. The van der Waals surface area contributed by atoms with Gasteiger partial charge in [-0.3, -0.25) is 4.79 Å². The number of aliphatic hydroxyl groups is 3. The van der Waals surface area contributed by atoms with Gasteiger partial charge < -0.3 is 62.7 Å². The Labute approximate surface area is 367 Å². The van der Waals surface area contributed by atoms with Gasteiger partial charge in [0.15, 0.2) is 18.4 Å². The van der Waals surface area contributed by atoms with E-state index in [0.717, 1.165) is 12.0 Å². The molecule has 1 spiro atoms. The van der Waals surface area contributed by atoms with Crippen molar-refractivity contribution in [1.29, 1.82) is 0 Å². The van der Waals surface area contributed by atoms with E-state index in [9.17, 15) is 20.1 Å². The van der Waals surface area contributed by atoms with Gasteiger partial charge in [-0.2, -0.15) is 0 Å². The third kappa shape index (κ3) is 9.64. The summed E-state index contributed by atoms with van der Waals surface area (Å²) in [5, 5.41) is 34.2. The van der Waals surface area contributed by atoms with Gasteiger partial charge in [0.05, 0.1) is 49.3 Å². The maximum absolute atomic E-state index is 14.3. The predicted octanol–water partition coefficient (Wildman–Crippen LogP) is 5.38. The molecule has 6 heterocycles. The molecule has 348 valence electrons. The number of allylic oxidation sites excluding steroid dienone is 2. The van der Waals surface area contributed by atoms with Gasteiger partial charge in [-0.15, -0.1) is 0 Å². The Morgan fingerprint density at radius 2 is 1.60 bits per heavy atom. The van der Waals surface area contributed by atoms with Crippen molar-refractivity contribution in [3.8, 4) is 0 Å². The fourth-order valence-electron chi connectivity index (χ4n) is 10.6. The zero-order chi connectivity index (χ0) is 44.7. The summed E-state index contributed by atoms with van der Waals surface area (Å²) in [4.78, 5) is 14.3. The fourth-order valence-corrected chi connectivity index (χ4v) is 10.6. The van der Waals surface area contributed by atoms with Gasteiger partial charge in [0.1, 0.15) is 42.0 Å². The molecular weight excluding hydrogens is 801 g/mol. The minimum absolute atomic E-state index is 0.0317. The number of methoxy groups -OCH3 is 2. The van der Waals surface area contributed by atoms with Crippen LogP contribution in [0.15, 0.2) is 59.3 Å². The standard InChI is InChI=1S/C48H72O14/c1-11-25(2)43-28(5)17-18-47(62-43)23-34-20-33(61-47)16-15-27(4)42(26(3)13-12-14-32-24-55-45-40(49)29(6)19-35(46(51)58-34)48(32,45)52)59-39-22-37(54-10)44(31(8)57-39)60-38-21-36(53-9)41(50)30(7)56-38/h12-15,17-19,25-26,28,30-31,33-45,49-50,52H,11,16,20-24H2,1-10H3/t25-,26?,28?,30?,31?,33+,34?,35-,36?,37?,38-,39-,40?,41?,42?,43-,44?,45+,47-,48+/m0/s1. The number of rotatable bonds is 8. The molecule has 11 unspecified atom stereocenters. The minimum Gasteiger partial charge on any atom is -0.462 e. The third-order valence-electron chi connectivity index (χ3n) is 14.5. The predicted molar refractivity (Wildman–Crippen MR) is 227 cm³/mol. The zero-order valence-electron chi connectivity index (χ0n) is 38.2. The Morgan fingerprint density at radius 3 is 2.32 bits per heavy atom. The van der Waals surface area contributed by atoms with Crippen molar-refractivity contribution in [3.63, 3.8) is 0 Å². The number of ether oxygens (including phenoxy) is 10. The van der Waals surface area contributed by atoms with Crippen LogP contribution in [0.25, 0.3) is 0 Å². The lowest BCUT2D eigenvalue weighted by Crippen LogP contribution is -2.58. The second-order valence-electron chi connectivity index (χ2n) is 19.0. The summed E-state index contributed by atoms with van der Waals surface area (Å²) in [5.41, 5.74) is 0.134. The van der Waals surface area contributed by atoms with Crippen LogP contribution in [0.1, 0.15) is 93.9 Å². The molecule has 62 heavy (non-hydrogen) atoms. The van der Waals surface area contributed by atoms with E-state index in [2.05, 4.69) is 39.8 Å². The van der Waals surface area contributed by atoms with Crippen LogP contribution >= 0.6 is 0 Å².